The molecule has 4 nitrogen and oxygen atoms in total. The van der Waals surface area contributed by atoms with Crippen molar-refractivity contribution in [1.82, 2.24) is 10.2 Å². The standard InChI is InChI=1S/C14H22N2O2/c17-12(15-11-5-6-11)14(7-8-14)13(18)16-9-3-1-2-4-10-16/h11H,1-10H2,(H,15,17). The van der Waals surface area contributed by atoms with Crippen LogP contribution in [0.15, 0.2) is 0 Å². The van der Waals surface area contributed by atoms with E-state index >= 15 is 0 Å². The molecule has 0 bridgehead atoms. The molecule has 0 spiro atoms. The third kappa shape index (κ3) is 2.25. The third-order valence-corrected chi connectivity index (χ3v) is 4.40. The molecule has 0 atom stereocenters. The van der Waals surface area contributed by atoms with Gasteiger partial charge in [-0.3, -0.25) is 9.59 Å². The Bertz CT molecular complexity index is 351. The molecule has 0 unspecified atom stereocenters. The molecule has 100 valence electrons. The summed E-state index contributed by atoms with van der Waals surface area (Å²) in [4.78, 5) is 26.7. The first kappa shape index (κ1) is 12.0. The molecule has 1 saturated heterocycles. The van der Waals surface area contributed by atoms with E-state index in [1.807, 2.05) is 4.90 Å². The zero-order chi connectivity index (χ0) is 12.6. The minimum atomic E-state index is -0.674. The second-order valence-corrected chi connectivity index (χ2v) is 6.04. The Balaban J connectivity index is 1.64. The van der Waals surface area contributed by atoms with Crippen molar-refractivity contribution in [2.45, 2.75) is 57.4 Å². The maximum absolute atomic E-state index is 12.5. The van der Waals surface area contributed by atoms with Crippen molar-refractivity contribution in [3.8, 4) is 0 Å². The number of nitrogens with zero attached hydrogens (tertiary/aromatic N) is 1. The van der Waals surface area contributed by atoms with Crippen LogP contribution in [-0.4, -0.2) is 35.8 Å². The summed E-state index contributed by atoms with van der Waals surface area (Å²) >= 11 is 0. The predicted molar refractivity (Wildman–Crippen MR) is 67.9 cm³/mol. The average Bonchev–Trinajstić information content (AvgIpc) is 3.21. The molecule has 18 heavy (non-hydrogen) atoms. The topological polar surface area (TPSA) is 49.4 Å². The van der Waals surface area contributed by atoms with Gasteiger partial charge in [-0.1, -0.05) is 12.8 Å². The summed E-state index contributed by atoms with van der Waals surface area (Å²) in [6, 6.07) is 0.354. The number of hydrogen-bond acceptors (Lipinski definition) is 2. The van der Waals surface area contributed by atoms with Gasteiger partial charge in [-0.25, -0.2) is 0 Å². The van der Waals surface area contributed by atoms with Crippen molar-refractivity contribution in [3.63, 3.8) is 0 Å². The average molecular weight is 250 g/mol. The fourth-order valence-corrected chi connectivity index (χ4v) is 2.79. The number of rotatable bonds is 3. The van der Waals surface area contributed by atoms with Gasteiger partial charge in [0.2, 0.25) is 11.8 Å². The van der Waals surface area contributed by atoms with Crippen LogP contribution >= 0.6 is 0 Å². The summed E-state index contributed by atoms with van der Waals surface area (Å²) in [6.45, 7) is 1.69. The molecule has 2 amide bonds. The molecule has 1 heterocycles. The number of carbonyl (C=O) groups excluding carboxylic acids is 2. The van der Waals surface area contributed by atoms with Crippen LogP contribution in [0.2, 0.25) is 0 Å². The van der Waals surface area contributed by atoms with Crippen molar-refractivity contribution in [2.75, 3.05) is 13.1 Å². The van der Waals surface area contributed by atoms with E-state index in [-0.39, 0.29) is 11.8 Å². The highest BCUT2D eigenvalue weighted by Crippen LogP contribution is 2.48. The fraction of sp³-hybridized carbons (Fsp3) is 0.857. The number of hydrogen-bond donors (Lipinski definition) is 1. The van der Waals surface area contributed by atoms with Gasteiger partial charge in [-0.05, 0) is 38.5 Å². The highest BCUT2D eigenvalue weighted by Gasteiger charge is 2.58. The van der Waals surface area contributed by atoms with E-state index in [1.165, 1.54) is 12.8 Å². The Morgan fingerprint density at radius 2 is 1.61 bits per heavy atom. The molecule has 3 aliphatic rings. The van der Waals surface area contributed by atoms with Gasteiger partial charge in [-0.2, -0.15) is 0 Å². The van der Waals surface area contributed by atoms with Crippen LogP contribution in [0.4, 0.5) is 0 Å². The van der Waals surface area contributed by atoms with Gasteiger partial charge >= 0.3 is 0 Å². The molecule has 2 saturated carbocycles. The summed E-state index contributed by atoms with van der Waals surface area (Å²) in [5, 5.41) is 3.01. The van der Waals surface area contributed by atoms with Gasteiger partial charge in [0.05, 0.1) is 0 Å². The van der Waals surface area contributed by atoms with E-state index in [1.54, 1.807) is 0 Å². The molecule has 0 aromatic carbocycles. The van der Waals surface area contributed by atoms with E-state index in [2.05, 4.69) is 5.32 Å². The lowest BCUT2D eigenvalue weighted by Gasteiger charge is -2.25. The second kappa shape index (κ2) is 4.56. The summed E-state index contributed by atoms with van der Waals surface area (Å²) < 4.78 is 0. The summed E-state index contributed by atoms with van der Waals surface area (Å²) in [6.07, 6.45) is 8.27. The highest BCUT2D eigenvalue weighted by atomic mass is 16.2. The molecule has 0 radical (unpaired) electrons. The molecule has 3 rings (SSSR count). The molecule has 2 aliphatic carbocycles. The molecule has 0 aromatic heterocycles. The second-order valence-electron chi connectivity index (χ2n) is 6.04. The minimum Gasteiger partial charge on any atom is -0.352 e. The van der Waals surface area contributed by atoms with Crippen LogP contribution in [-0.2, 0) is 9.59 Å². The molecule has 4 heteroatoms. The predicted octanol–water partition coefficient (Wildman–Crippen LogP) is 1.45. The lowest BCUT2D eigenvalue weighted by Crippen LogP contribution is -2.46. The van der Waals surface area contributed by atoms with Crippen molar-refractivity contribution < 1.29 is 9.59 Å². The Kier molecular flexibility index (Phi) is 3.04. The van der Waals surface area contributed by atoms with Crippen molar-refractivity contribution in [2.24, 2.45) is 5.41 Å². The quantitative estimate of drug-likeness (QED) is 0.771. The van der Waals surface area contributed by atoms with Crippen LogP contribution in [0, 0.1) is 5.41 Å². The lowest BCUT2D eigenvalue weighted by atomic mass is 10.0. The first-order valence-corrected chi connectivity index (χ1v) is 7.33. The molecule has 1 aliphatic heterocycles. The third-order valence-electron chi connectivity index (χ3n) is 4.40. The first-order valence-electron chi connectivity index (χ1n) is 7.33. The maximum atomic E-state index is 12.5. The van der Waals surface area contributed by atoms with Crippen molar-refractivity contribution in [1.29, 1.82) is 0 Å². The molecular formula is C14H22N2O2. The summed E-state index contributed by atoms with van der Waals surface area (Å²) in [5.74, 6) is 0.0989. The van der Waals surface area contributed by atoms with E-state index in [0.717, 1.165) is 51.6 Å². The Morgan fingerprint density at radius 3 is 2.11 bits per heavy atom. The molecule has 1 N–H and O–H groups in total. The van der Waals surface area contributed by atoms with E-state index in [9.17, 15) is 9.59 Å². The van der Waals surface area contributed by atoms with Gasteiger partial charge in [0.15, 0.2) is 0 Å². The van der Waals surface area contributed by atoms with Gasteiger partial charge < -0.3 is 10.2 Å². The summed E-state index contributed by atoms with van der Waals surface area (Å²) in [7, 11) is 0. The minimum absolute atomic E-state index is 0.000697. The smallest absolute Gasteiger partial charge is 0.238 e. The SMILES string of the molecule is O=C(NC1CC1)C1(C(=O)N2CCCCCC2)CC1. The zero-order valence-corrected chi connectivity index (χ0v) is 10.9. The molecule has 0 aromatic rings. The maximum Gasteiger partial charge on any atom is 0.238 e. The number of carbonyl (C=O) groups is 2. The monoisotopic (exact) mass is 250 g/mol. The Hall–Kier alpha value is -1.06. The van der Waals surface area contributed by atoms with E-state index < -0.39 is 5.41 Å². The largest absolute Gasteiger partial charge is 0.352 e. The van der Waals surface area contributed by atoms with Gasteiger partial charge in [0, 0.05) is 19.1 Å². The van der Waals surface area contributed by atoms with Gasteiger partial charge in [0.1, 0.15) is 5.41 Å². The van der Waals surface area contributed by atoms with Gasteiger partial charge in [-0.15, -0.1) is 0 Å². The van der Waals surface area contributed by atoms with Crippen LogP contribution in [0.3, 0.4) is 0 Å². The summed E-state index contributed by atoms with van der Waals surface area (Å²) in [5.41, 5.74) is -0.674. The zero-order valence-electron chi connectivity index (χ0n) is 10.9. The first-order chi connectivity index (χ1) is 8.72. The van der Waals surface area contributed by atoms with Crippen LogP contribution in [0.25, 0.3) is 0 Å². The number of amides is 2. The normalized spacial score (nSPS) is 26.3. The van der Waals surface area contributed by atoms with Crippen molar-refractivity contribution in [3.05, 3.63) is 0 Å². The van der Waals surface area contributed by atoms with Crippen LogP contribution in [0.1, 0.15) is 51.4 Å². The fourth-order valence-electron chi connectivity index (χ4n) is 2.79. The van der Waals surface area contributed by atoms with E-state index in [4.69, 9.17) is 0 Å². The van der Waals surface area contributed by atoms with Crippen molar-refractivity contribution >= 4 is 11.8 Å². The lowest BCUT2D eigenvalue weighted by molar-refractivity contribution is -0.144. The molecular weight excluding hydrogens is 228 g/mol. The van der Waals surface area contributed by atoms with E-state index in [0.29, 0.717) is 6.04 Å². The highest BCUT2D eigenvalue weighted by molar-refractivity contribution is 6.08. The molecule has 3 fully saturated rings. The Labute approximate surface area is 108 Å². The number of nitrogens with one attached hydrogen (secondary N) is 1. The Morgan fingerprint density at radius 1 is 1.00 bits per heavy atom. The van der Waals surface area contributed by atoms with Crippen LogP contribution < -0.4 is 5.32 Å². The van der Waals surface area contributed by atoms with Gasteiger partial charge in [0.25, 0.3) is 0 Å². The van der Waals surface area contributed by atoms with Crippen LogP contribution in [0.5, 0.6) is 0 Å². The number of likely N-dealkylation sites (tertiary alicyclic amines) is 1.